The number of rotatable bonds is 6. The zero-order valence-electron chi connectivity index (χ0n) is 13.0. The number of nitrogens with one attached hydrogen (secondary N) is 1. The molecule has 0 heterocycles. The van der Waals surface area contributed by atoms with Gasteiger partial charge in [0.1, 0.15) is 11.6 Å². The van der Waals surface area contributed by atoms with Gasteiger partial charge in [-0.2, -0.15) is 0 Å². The molecule has 1 nitrogen and oxygen atoms in total. The molecule has 3 rings (SSSR count). The second-order valence-electron chi connectivity index (χ2n) is 7.57. The van der Waals surface area contributed by atoms with Crippen molar-refractivity contribution in [2.75, 3.05) is 13.1 Å². The van der Waals surface area contributed by atoms with Gasteiger partial charge in [0.25, 0.3) is 0 Å². The van der Waals surface area contributed by atoms with Gasteiger partial charge in [-0.1, -0.05) is 19.9 Å². The summed E-state index contributed by atoms with van der Waals surface area (Å²) in [5.74, 6) is 1.43. The summed E-state index contributed by atoms with van der Waals surface area (Å²) in [6, 6.07) is 4.21. The highest BCUT2D eigenvalue weighted by atomic mass is 19.1. The van der Waals surface area contributed by atoms with E-state index in [1.807, 2.05) is 0 Å². The van der Waals surface area contributed by atoms with Crippen molar-refractivity contribution >= 4 is 0 Å². The van der Waals surface area contributed by atoms with Crippen LogP contribution in [0.1, 0.15) is 38.7 Å². The molecular formula is C18H25F2N. The van der Waals surface area contributed by atoms with E-state index in [9.17, 15) is 8.78 Å². The lowest BCUT2D eigenvalue weighted by Gasteiger charge is -2.32. The second kappa shape index (κ2) is 5.68. The highest BCUT2D eigenvalue weighted by Gasteiger charge is 2.53. The zero-order chi connectivity index (χ0) is 15.0. The SMILES string of the molecule is CC(C)CNCC1(Cc2c(F)cccc2F)CC2CC2C1. The average Bonchev–Trinajstić information content (AvgIpc) is 3.02. The summed E-state index contributed by atoms with van der Waals surface area (Å²) >= 11 is 0. The van der Waals surface area contributed by atoms with Crippen molar-refractivity contribution in [3.8, 4) is 0 Å². The quantitative estimate of drug-likeness (QED) is 0.830. The molecule has 1 aromatic carbocycles. The Hall–Kier alpha value is -0.960. The largest absolute Gasteiger partial charge is 0.316 e. The highest BCUT2D eigenvalue weighted by molar-refractivity contribution is 5.23. The van der Waals surface area contributed by atoms with Crippen LogP contribution in [0.2, 0.25) is 0 Å². The molecule has 2 saturated carbocycles. The molecule has 3 heteroatoms. The molecule has 0 spiro atoms. The number of halogens is 2. The molecule has 0 radical (unpaired) electrons. The first-order valence-electron chi connectivity index (χ1n) is 8.13. The van der Waals surface area contributed by atoms with E-state index in [1.54, 1.807) is 0 Å². The minimum Gasteiger partial charge on any atom is -0.316 e. The van der Waals surface area contributed by atoms with Gasteiger partial charge in [0.05, 0.1) is 0 Å². The van der Waals surface area contributed by atoms with Crippen LogP contribution in [0.15, 0.2) is 18.2 Å². The van der Waals surface area contributed by atoms with Gasteiger partial charge in [0, 0.05) is 12.1 Å². The van der Waals surface area contributed by atoms with E-state index in [2.05, 4.69) is 19.2 Å². The topological polar surface area (TPSA) is 12.0 Å². The molecule has 0 saturated heterocycles. The van der Waals surface area contributed by atoms with Crippen molar-refractivity contribution in [2.24, 2.45) is 23.2 Å². The first kappa shape index (κ1) is 15.0. The van der Waals surface area contributed by atoms with Gasteiger partial charge in [-0.05, 0) is 67.5 Å². The van der Waals surface area contributed by atoms with Crippen molar-refractivity contribution < 1.29 is 8.78 Å². The highest BCUT2D eigenvalue weighted by Crippen LogP contribution is 2.60. The van der Waals surface area contributed by atoms with Gasteiger partial charge in [-0.25, -0.2) is 8.78 Å². The summed E-state index contributed by atoms with van der Waals surface area (Å²) in [5.41, 5.74) is 0.330. The van der Waals surface area contributed by atoms with Gasteiger partial charge in [-0.15, -0.1) is 0 Å². The third kappa shape index (κ3) is 3.28. The molecule has 2 aliphatic rings. The molecule has 116 valence electrons. The van der Waals surface area contributed by atoms with E-state index in [0.717, 1.165) is 37.8 Å². The first-order valence-corrected chi connectivity index (χ1v) is 8.13. The Morgan fingerprint density at radius 3 is 2.38 bits per heavy atom. The zero-order valence-corrected chi connectivity index (χ0v) is 13.0. The van der Waals surface area contributed by atoms with Crippen LogP contribution < -0.4 is 5.32 Å². The van der Waals surface area contributed by atoms with Crippen LogP contribution >= 0.6 is 0 Å². The summed E-state index contributed by atoms with van der Waals surface area (Å²) in [6.07, 6.45) is 4.10. The predicted octanol–water partition coefficient (Wildman–Crippen LogP) is 4.17. The monoisotopic (exact) mass is 293 g/mol. The van der Waals surface area contributed by atoms with Crippen LogP contribution in [-0.2, 0) is 6.42 Å². The molecule has 2 atom stereocenters. The molecule has 1 N–H and O–H groups in total. The maximum absolute atomic E-state index is 14.0. The second-order valence-corrected chi connectivity index (χ2v) is 7.57. The third-order valence-electron chi connectivity index (χ3n) is 5.13. The van der Waals surface area contributed by atoms with Crippen molar-refractivity contribution in [3.05, 3.63) is 35.4 Å². The maximum Gasteiger partial charge on any atom is 0.129 e. The van der Waals surface area contributed by atoms with Gasteiger partial charge in [0.2, 0.25) is 0 Å². The van der Waals surface area contributed by atoms with Crippen molar-refractivity contribution in [1.82, 2.24) is 5.32 Å². The molecule has 0 aromatic heterocycles. The van der Waals surface area contributed by atoms with Crippen LogP contribution in [0.4, 0.5) is 8.78 Å². The van der Waals surface area contributed by atoms with Gasteiger partial charge in [0.15, 0.2) is 0 Å². The lowest BCUT2D eigenvalue weighted by molar-refractivity contribution is 0.239. The predicted molar refractivity (Wildman–Crippen MR) is 81.0 cm³/mol. The summed E-state index contributed by atoms with van der Waals surface area (Å²) in [4.78, 5) is 0. The number of hydrogen-bond donors (Lipinski definition) is 1. The standard InChI is InChI=1S/C18H25F2N/c1-12(2)10-21-11-18(7-13-6-14(13)8-18)9-15-16(19)4-3-5-17(15)20/h3-5,12-14,21H,6-11H2,1-2H3. The molecule has 2 unspecified atom stereocenters. The molecule has 21 heavy (non-hydrogen) atoms. The van der Waals surface area contributed by atoms with Crippen molar-refractivity contribution in [2.45, 2.75) is 39.5 Å². The molecule has 2 aliphatic carbocycles. The van der Waals surface area contributed by atoms with E-state index in [-0.39, 0.29) is 22.6 Å². The Morgan fingerprint density at radius 2 is 1.81 bits per heavy atom. The average molecular weight is 293 g/mol. The van der Waals surface area contributed by atoms with E-state index in [0.29, 0.717) is 12.3 Å². The van der Waals surface area contributed by atoms with Crippen LogP contribution in [0.25, 0.3) is 0 Å². The lowest BCUT2D eigenvalue weighted by Crippen LogP contribution is -2.37. The number of fused-ring (bicyclic) bond motifs is 1. The molecule has 0 aliphatic heterocycles. The number of hydrogen-bond acceptors (Lipinski definition) is 1. The molecule has 2 fully saturated rings. The molecular weight excluding hydrogens is 268 g/mol. The van der Waals surface area contributed by atoms with Crippen LogP contribution in [0.3, 0.4) is 0 Å². The van der Waals surface area contributed by atoms with Gasteiger partial charge >= 0.3 is 0 Å². The fourth-order valence-electron chi connectivity index (χ4n) is 4.06. The first-order chi connectivity index (χ1) is 9.99. The Kier molecular flexibility index (Phi) is 4.04. The smallest absolute Gasteiger partial charge is 0.129 e. The van der Waals surface area contributed by atoms with Crippen molar-refractivity contribution in [1.29, 1.82) is 0 Å². The van der Waals surface area contributed by atoms with E-state index < -0.39 is 0 Å². The van der Waals surface area contributed by atoms with Crippen LogP contribution in [-0.4, -0.2) is 13.1 Å². The molecule has 0 amide bonds. The fourth-order valence-corrected chi connectivity index (χ4v) is 4.06. The summed E-state index contributed by atoms with van der Waals surface area (Å²) in [6.45, 7) is 6.22. The Balaban J connectivity index is 1.73. The van der Waals surface area contributed by atoms with E-state index in [4.69, 9.17) is 0 Å². The summed E-state index contributed by atoms with van der Waals surface area (Å²) in [7, 11) is 0. The summed E-state index contributed by atoms with van der Waals surface area (Å²) < 4.78 is 27.9. The fraction of sp³-hybridized carbons (Fsp3) is 0.667. The molecule has 1 aromatic rings. The lowest BCUT2D eigenvalue weighted by atomic mass is 9.77. The van der Waals surface area contributed by atoms with Gasteiger partial charge in [-0.3, -0.25) is 0 Å². The Morgan fingerprint density at radius 1 is 1.19 bits per heavy atom. The van der Waals surface area contributed by atoms with Crippen molar-refractivity contribution in [3.63, 3.8) is 0 Å². The van der Waals surface area contributed by atoms with E-state index >= 15 is 0 Å². The van der Waals surface area contributed by atoms with Crippen LogP contribution in [0.5, 0.6) is 0 Å². The van der Waals surface area contributed by atoms with Gasteiger partial charge < -0.3 is 5.32 Å². The maximum atomic E-state index is 14.0. The minimum atomic E-state index is -0.390. The molecule has 0 bridgehead atoms. The minimum absolute atomic E-state index is 0.0471. The van der Waals surface area contributed by atoms with Crippen LogP contribution in [0, 0.1) is 34.8 Å². The normalized spacial score (nSPS) is 30.7. The van der Waals surface area contributed by atoms with E-state index in [1.165, 1.54) is 24.6 Å². The summed E-state index contributed by atoms with van der Waals surface area (Å²) in [5, 5.41) is 3.52. The Bertz CT molecular complexity index is 482. The number of benzene rings is 1. The third-order valence-corrected chi connectivity index (χ3v) is 5.13. The Labute approximate surface area is 126 Å².